The first kappa shape index (κ1) is 24.7. The normalized spacial score (nSPS) is 21.7. The predicted molar refractivity (Wildman–Crippen MR) is 133 cm³/mol. The Morgan fingerprint density at radius 1 is 1.27 bits per heavy atom. The van der Waals surface area contributed by atoms with Gasteiger partial charge >= 0.3 is 0 Å². The van der Waals surface area contributed by atoms with Crippen LogP contribution < -0.4 is 15.5 Å². The average Bonchev–Trinajstić information content (AvgIpc) is 3.24. The van der Waals surface area contributed by atoms with Crippen LogP contribution in [0.3, 0.4) is 0 Å². The summed E-state index contributed by atoms with van der Waals surface area (Å²) in [4.78, 5) is 20.6. The van der Waals surface area contributed by atoms with Gasteiger partial charge < -0.3 is 25.2 Å². The van der Waals surface area contributed by atoms with Crippen LogP contribution in [-0.4, -0.2) is 76.3 Å². The number of carbonyl (C=O) groups is 1. The molecule has 3 rings (SSSR count). The summed E-state index contributed by atoms with van der Waals surface area (Å²) in [6, 6.07) is 9.02. The number of rotatable bonds is 6. The van der Waals surface area contributed by atoms with Crippen molar-refractivity contribution in [3.8, 4) is 0 Å². The van der Waals surface area contributed by atoms with Gasteiger partial charge in [0.05, 0.1) is 6.61 Å². The van der Waals surface area contributed by atoms with E-state index in [1.807, 2.05) is 0 Å². The number of likely N-dealkylation sites (N-methyl/N-ethyl adjacent to an activating group) is 1. The van der Waals surface area contributed by atoms with E-state index in [2.05, 4.69) is 51.7 Å². The summed E-state index contributed by atoms with van der Waals surface area (Å²) in [5, 5.41) is 7.01. The molecule has 2 atom stereocenters. The molecule has 7 nitrogen and oxygen atoms in total. The number of guanidine groups is 1. The van der Waals surface area contributed by atoms with E-state index in [0.717, 1.165) is 58.1 Å². The quantitative estimate of drug-likeness (QED) is 0.336. The number of halogens is 1. The molecule has 0 radical (unpaired) electrons. The van der Waals surface area contributed by atoms with Gasteiger partial charge in [-0.05, 0) is 38.3 Å². The minimum Gasteiger partial charge on any atom is -0.381 e. The van der Waals surface area contributed by atoms with E-state index < -0.39 is 0 Å². The summed E-state index contributed by atoms with van der Waals surface area (Å²) in [5.41, 5.74) is 2.54. The molecular formula is C22H36IN5O2. The number of hydrogen-bond acceptors (Lipinski definition) is 4. The van der Waals surface area contributed by atoms with Gasteiger partial charge in [-0.25, -0.2) is 4.99 Å². The predicted octanol–water partition coefficient (Wildman–Crippen LogP) is 2.24. The van der Waals surface area contributed by atoms with Crippen molar-refractivity contribution >= 4 is 41.5 Å². The van der Waals surface area contributed by atoms with Gasteiger partial charge in [-0.2, -0.15) is 0 Å². The lowest BCUT2D eigenvalue weighted by molar-refractivity contribution is -0.127. The molecule has 0 spiro atoms. The Hall–Kier alpha value is -1.55. The minimum absolute atomic E-state index is 0. The Labute approximate surface area is 197 Å². The number of piperidine rings is 1. The standard InChI is InChI=1S/C22H35N5O2.HI/c1-17-6-8-20(9-7-17)27-11-4-5-19(15-27)25-22(24-14-21(28)26(2)3)23-13-18-10-12-29-16-18;/h6-9,18-19H,4-5,10-16H2,1-3H3,(H2,23,24,25);1H. The van der Waals surface area contributed by atoms with Crippen molar-refractivity contribution in [3.05, 3.63) is 29.8 Å². The Bertz CT molecular complexity index is 689. The summed E-state index contributed by atoms with van der Waals surface area (Å²) in [6.45, 7) is 6.70. The fourth-order valence-corrected chi connectivity index (χ4v) is 3.70. The third-order valence-corrected chi connectivity index (χ3v) is 5.61. The first-order valence-electron chi connectivity index (χ1n) is 10.7. The van der Waals surface area contributed by atoms with Gasteiger partial charge in [0.1, 0.15) is 6.54 Å². The van der Waals surface area contributed by atoms with Gasteiger partial charge in [0.2, 0.25) is 5.91 Å². The number of anilines is 1. The number of aryl methyl sites for hydroxylation is 1. The van der Waals surface area contributed by atoms with Crippen LogP contribution in [-0.2, 0) is 9.53 Å². The molecule has 2 N–H and O–H groups in total. The number of nitrogens with zero attached hydrogens (tertiary/aromatic N) is 3. The van der Waals surface area contributed by atoms with Crippen molar-refractivity contribution in [3.63, 3.8) is 0 Å². The van der Waals surface area contributed by atoms with E-state index >= 15 is 0 Å². The Morgan fingerprint density at radius 2 is 2.03 bits per heavy atom. The molecule has 2 unspecified atom stereocenters. The zero-order valence-electron chi connectivity index (χ0n) is 18.4. The first-order valence-corrected chi connectivity index (χ1v) is 10.7. The van der Waals surface area contributed by atoms with Crippen LogP contribution >= 0.6 is 24.0 Å². The van der Waals surface area contributed by atoms with E-state index in [1.165, 1.54) is 11.3 Å². The Balaban J connectivity index is 0.00000320. The molecule has 0 saturated carbocycles. The summed E-state index contributed by atoms with van der Waals surface area (Å²) in [5.74, 6) is 1.23. The topological polar surface area (TPSA) is 69.2 Å². The molecule has 2 aliphatic rings. The van der Waals surface area contributed by atoms with Gasteiger partial charge in [-0.1, -0.05) is 17.7 Å². The highest BCUT2D eigenvalue weighted by atomic mass is 127. The van der Waals surface area contributed by atoms with Crippen LogP contribution in [0.25, 0.3) is 0 Å². The molecule has 0 aromatic heterocycles. The van der Waals surface area contributed by atoms with Crippen molar-refractivity contribution < 1.29 is 9.53 Å². The van der Waals surface area contributed by atoms with E-state index in [4.69, 9.17) is 4.74 Å². The Morgan fingerprint density at radius 3 is 2.70 bits per heavy atom. The maximum Gasteiger partial charge on any atom is 0.243 e. The molecule has 1 aromatic rings. The maximum atomic E-state index is 12.0. The summed E-state index contributed by atoms with van der Waals surface area (Å²) in [6.07, 6.45) is 3.30. The molecule has 2 aliphatic heterocycles. The van der Waals surface area contributed by atoms with Crippen molar-refractivity contribution in [2.75, 3.05) is 58.4 Å². The molecular weight excluding hydrogens is 493 g/mol. The van der Waals surface area contributed by atoms with Gasteiger partial charge in [-0.3, -0.25) is 4.79 Å². The number of hydrogen-bond donors (Lipinski definition) is 2. The number of carbonyl (C=O) groups excluding carboxylic acids is 1. The SMILES string of the molecule is Cc1ccc(N2CCCC(NC(=NCC(=O)N(C)C)NCC3CCOC3)C2)cc1.I. The second-order valence-corrected chi connectivity index (χ2v) is 8.33. The number of nitrogens with one attached hydrogen (secondary N) is 2. The fraction of sp³-hybridized carbons (Fsp3) is 0.636. The van der Waals surface area contributed by atoms with Gasteiger partial charge in [0, 0.05) is 58.0 Å². The molecule has 1 amide bonds. The van der Waals surface area contributed by atoms with Crippen molar-refractivity contribution in [1.82, 2.24) is 15.5 Å². The third kappa shape index (κ3) is 7.61. The fourth-order valence-electron chi connectivity index (χ4n) is 3.70. The summed E-state index contributed by atoms with van der Waals surface area (Å²) in [7, 11) is 3.52. The molecule has 0 bridgehead atoms. The molecule has 1 aromatic carbocycles. The molecule has 8 heteroatoms. The molecule has 2 saturated heterocycles. The van der Waals surface area contributed by atoms with Crippen LogP contribution in [0.2, 0.25) is 0 Å². The Kier molecular flexibility index (Phi) is 10.2. The third-order valence-electron chi connectivity index (χ3n) is 5.61. The first-order chi connectivity index (χ1) is 14.0. The van der Waals surface area contributed by atoms with Crippen molar-refractivity contribution in [2.45, 2.75) is 32.2 Å². The van der Waals surface area contributed by atoms with Gasteiger partial charge in [0.25, 0.3) is 0 Å². The minimum atomic E-state index is 0. The van der Waals surface area contributed by atoms with Crippen LogP contribution in [0, 0.1) is 12.8 Å². The van der Waals surface area contributed by atoms with E-state index in [0.29, 0.717) is 12.0 Å². The molecule has 168 valence electrons. The number of benzene rings is 1. The second-order valence-electron chi connectivity index (χ2n) is 8.33. The second kappa shape index (κ2) is 12.3. The molecule has 2 fully saturated rings. The zero-order chi connectivity index (χ0) is 20.6. The molecule has 30 heavy (non-hydrogen) atoms. The summed E-state index contributed by atoms with van der Waals surface area (Å²) >= 11 is 0. The lowest BCUT2D eigenvalue weighted by atomic mass is 10.0. The largest absolute Gasteiger partial charge is 0.381 e. The van der Waals surface area contributed by atoms with E-state index in [9.17, 15) is 4.79 Å². The number of ether oxygens (including phenoxy) is 1. The lowest BCUT2D eigenvalue weighted by Crippen LogP contribution is -2.52. The monoisotopic (exact) mass is 529 g/mol. The van der Waals surface area contributed by atoms with Crippen molar-refractivity contribution in [2.24, 2.45) is 10.9 Å². The average molecular weight is 529 g/mol. The molecule has 2 heterocycles. The lowest BCUT2D eigenvalue weighted by Gasteiger charge is -2.35. The van der Waals surface area contributed by atoms with Crippen LogP contribution in [0.1, 0.15) is 24.8 Å². The maximum absolute atomic E-state index is 12.0. The molecule has 0 aliphatic carbocycles. The van der Waals surface area contributed by atoms with Gasteiger partial charge in [-0.15, -0.1) is 24.0 Å². The van der Waals surface area contributed by atoms with Crippen LogP contribution in [0.5, 0.6) is 0 Å². The summed E-state index contributed by atoms with van der Waals surface area (Å²) < 4.78 is 5.47. The van der Waals surface area contributed by atoms with E-state index in [-0.39, 0.29) is 36.4 Å². The van der Waals surface area contributed by atoms with Gasteiger partial charge in [0.15, 0.2) is 5.96 Å². The smallest absolute Gasteiger partial charge is 0.243 e. The highest BCUT2D eigenvalue weighted by Gasteiger charge is 2.22. The van der Waals surface area contributed by atoms with Crippen LogP contribution in [0.4, 0.5) is 5.69 Å². The zero-order valence-corrected chi connectivity index (χ0v) is 20.7. The van der Waals surface area contributed by atoms with Crippen molar-refractivity contribution in [1.29, 1.82) is 0 Å². The van der Waals surface area contributed by atoms with Crippen LogP contribution in [0.15, 0.2) is 29.3 Å². The number of amides is 1. The highest BCUT2D eigenvalue weighted by Crippen LogP contribution is 2.20. The highest BCUT2D eigenvalue weighted by molar-refractivity contribution is 14.0. The number of aliphatic imine (C=N–C) groups is 1. The van der Waals surface area contributed by atoms with E-state index in [1.54, 1.807) is 19.0 Å².